The van der Waals surface area contributed by atoms with Crippen LogP contribution in [0, 0.1) is 0 Å². The minimum absolute atomic E-state index is 0.0211. The van der Waals surface area contributed by atoms with Crippen molar-refractivity contribution in [2.24, 2.45) is 12.8 Å². The maximum atomic E-state index is 9.49. The summed E-state index contributed by atoms with van der Waals surface area (Å²) in [6.07, 6.45) is 8.91. The van der Waals surface area contributed by atoms with Gasteiger partial charge in [-0.15, -0.1) is 0 Å². The van der Waals surface area contributed by atoms with Gasteiger partial charge in [-0.2, -0.15) is 5.10 Å². The van der Waals surface area contributed by atoms with E-state index in [0.717, 1.165) is 65.2 Å². The number of aliphatic hydroxyl groups excluding tert-OH is 1. The highest BCUT2D eigenvalue weighted by Crippen LogP contribution is 2.31. The molecule has 0 radical (unpaired) electrons. The zero-order valence-corrected chi connectivity index (χ0v) is 17.4. The molecule has 3 N–H and O–H groups in total. The molecule has 0 amide bonds. The zero-order valence-electron chi connectivity index (χ0n) is 17.4. The van der Waals surface area contributed by atoms with Crippen molar-refractivity contribution in [1.82, 2.24) is 24.7 Å². The van der Waals surface area contributed by atoms with Crippen LogP contribution in [0.15, 0.2) is 55.1 Å². The molecular weight excluding hydrogens is 390 g/mol. The van der Waals surface area contributed by atoms with E-state index >= 15 is 0 Å². The molecule has 4 aromatic heterocycles. The number of hydrogen-bond donors (Lipinski definition) is 2. The van der Waals surface area contributed by atoms with E-state index in [1.54, 1.807) is 10.9 Å². The molecule has 1 aliphatic heterocycles. The van der Waals surface area contributed by atoms with Gasteiger partial charge in [-0.1, -0.05) is 0 Å². The van der Waals surface area contributed by atoms with Gasteiger partial charge >= 0.3 is 0 Å². The highest BCUT2D eigenvalue weighted by atomic mass is 16.3. The normalized spacial score (nSPS) is 16.0. The number of anilines is 1. The van der Waals surface area contributed by atoms with Crippen molar-refractivity contribution < 1.29 is 5.11 Å². The smallest absolute Gasteiger partial charge is 0.128 e. The minimum atomic E-state index is -0.473. The minimum Gasteiger partial charge on any atom is -0.394 e. The van der Waals surface area contributed by atoms with Gasteiger partial charge in [-0.3, -0.25) is 9.67 Å². The lowest BCUT2D eigenvalue weighted by molar-refractivity contribution is 0.170. The van der Waals surface area contributed by atoms with Gasteiger partial charge < -0.3 is 15.7 Å². The van der Waals surface area contributed by atoms with Gasteiger partial charge in [0, 0.05) is 60.8 Å². The third-order valence-electron chi connectivity index (χ3n) is 6.02. The average molecular weight is 416 g/mol. The Bertz CT molecular complexity index is 1210. The van der Waals surface area contributed by atoms with Crippen LogP contribution in [0.3, 0.4) is 0 Å². The monoisotopic (exact) mass is 415 g/mol. The quantitative estimate of drug-likeness (QED) is 0.527. The zero-order chi connectivity index (χ0) is 21.4. The first-order valence-electron chi connectivity index (χ1n) is 10.4. The Kier molecular flexibility index (Phi) is 4.88. The Morgan fingerprint density at radius 1 is 1.10 bits per heavy atom. The van der Waals surface area contributed by atoms with Crippen molar-refractivity contribution in [3.8, 4) is 22.5 Å². The van der Waals surface area contributed by atoms with Crippen LogP contribution < -0.4 is 10.6 Å². The van der Waals surface area contributed by atoms with E-state index in [4.69, 9.17) is 15.7 Å². The molecule has 31 heavy (non-hydrogen) atoms. The molecule has 1 aliphatic rings. The summed E-state index contributed by atoms with van der Waals surface area (Å²) in [5.41, 5.74) is 10.2. The second-order valence-corrected chi connectivity index (χ2v) is 8.24. The van der Waals surface area contributed by atoms with Crippen molar-refractivity contribution in [2.45, 2.75) is 18.4 Å². The van der Waals surface area contributed by atoms with E-state index in [9.17, 15) is 5.11 Å². The summed E-state index contributed by atoms with van der Waals surface area (Å²) < 4.78 is 1.76. The maximum Gasteiger partial charge on any atom is 0.128 e. The van der Waals surface area contributed by atoms with Crippen LogP contribution in [0.2, 0.25) is 0 Å². The molecule has 8 heteroatoms. The second-order valence-electron chi connectivity index (χ2n) is 8.24. The molecule has 8 nitrogen and oxygen atoms in total. The number of pyridine rings is 3. The van der Waals surface area contributed by atoms with E-state index in [0.29, 0.717) is 0 Å². The molecule has 0 saturated carbocycles. The molecule has 0 aliphatic carbocycles. The maximum absolute atomic E-state index is 9.49. The van der Waals surface area contributed by atoms with E-state index in [1.165, 1.54) is 0 Å². The number of nitrogens with zero attached hydrogens (tertiary/aromatic N) is 6. The largest absolute Gasteiger partial charge is 0.394 e. The van der Waals surface area contributed by atoms with Gasteiger partial charge in [0.1, 0.15) is 5.82 Å². The summed E-state index contributed by atoms with van der Waals surface area (Å²) in [5, 5.41) is 14.7. The van der Waals surface area contributed by atoms with Crippen molar-refractivity contribution >= 4 is 16.7 Å². The van der Waals surface area contributed by atoms with Crippen LogP contribution in [0.5, 0.6) is 0 Å². The van der Waals surface area contributed by atoms with E-state index in [1.807, 2.05) is 49.9 Å². The topological polar surface area (TPSA) is 106 Å². The predicted octanol–water partition coefficient (Wildman–Crippen LogP) is 2.38. The fraction of sp³-hybridized carbons (Fsp3) is 0.304. The highest BCUT2D eigenvalue weighted by Gasteiger charge is 2.30. The van der Waals surface area contributed by atoms with Crippen molar-refractivity contribution in [3.05, 3.63) is 55.1 Å². The van der Waals surface area contributed by atoms with Crippen LogP contribution in [0.1, 0.15) is 12.8 Å². The van der Waals surface area contributed by atoms with Gasteiger partial charge in [0.15, 0.2) is 0 Å². The van der Waals surface area contributed by atoms with Crippen LogP contribution >= 0.6 is 0 Å². The van der Waals surface area contributed by atoms with Crippen LogP contribution in [0.25, 0.3) is 33.4 Å². The fourth-order valence-corrected chi connectivity index (χ4v) is 4.05. The molecule has 0 bridgehead atoms. The molecule has 5 rings (SSSR count). The number of nitrogens with two attached hydrogens (primary N) is 1. The van der Waals surface area contributed by atoms with E-state index < -0.39 is 5.54 Å². The Morgan fingerprint density at radius 2 is 1.94 bits per heavy atom. The second kappa shape index (κ2) is 7.72. The number of aryl methyl sites for hydroxylation is 1. The van der Waals surface area contributed by atoms with Crippen LogP contribution in [0.4, 0.5) is 5.82 Å². The third kappa shape index (κ3) is 3.75. The number of hydrogen-bond acceptors (Lipinski definition) is 7. The van der Waals surface area contributed by atoms with Crippen molar-refractivity contribution in [1.29, 1.82) is 0 Å². The molecule has 1 saturated heterocycles. The van der Waals surface area contributed by atoms with Gasteiger partial charge in [0.05, 0.1) is 29.7 Å². The molecular formula is C23H25N7O. The Hall–Kier alpha value is -3.36. The molecule has 0 spiro atoms. The van der Waals surface area contributed by atoms with Crippen LogP contribution in [-0.2, 0) is 7.05 Å². The molecule has 158 valence electrons. The average Bonchev–Trinajstić information content (AvgIpc) is 3.25. The summed E-state index contributed by atoms with van der Waals surface area (Å²) in [6.45, 7) is 1.59. The number of piperidine rings is 1. The van der Waals surface area contributed by atoms with Crippen LogP contribution in [-0.4, -0.2) is 55.1 Å². The summed E-state index contributed by atoms with van der Waals surface area (Å²) in [7, 11) is 1.89. The predicted molar refractivity (Wildman–Crippen MR) is 120 cm³/mol. The molecule has 1 fully saturated rings. The molecule has 0 aromatic carbocycles. The Labute approximate surface area is 180 Å². The third-order valence-corrected chi connectivity index (χ3v) is 6.02. The molecule has 5 heterocycles. The SMILES string of the molecule is Cn1cc(-c2cc3ncccc3c(-c3ccc(N4CCC(N)(CO)CC4)nc3)n2)cn1. The summed E-state index contributed by atoms with van der Waals surface area (Å²) in [4.78, 5) is 16.4. The van der Waals surface area contributed by atoms with Crippen molar-refractivity contribution in [2.75, 3.05) is 24.6 Å². The van der Waals surface area contributed by atoms with Gasteiger partial charge in [0.25, 0.3) is 0 Å². The number of fused-ring (bicyclic) bond motifs is 1. The molecule has 0 unspecified atom stereocenters. The lowest BCUT2D eigenvalue weighted by Gasteiger charge is -2.38. The number of aromatic nitrogens is 5. The summed E-state index contributed by atoms with van der Waals surface area (Å²) in [6, 6.07) is 10.0. The Morgan fingerprint density at radius 3 is 2.61 bits per heavy atom. The molecule has 4 aromatic rings. The Balaban J connectivity index is 1.49. The fourth-order valence-electron chi connectivity index (χ4n) is 4.05. The van der Waals surface area contributed by atoms with Gasteiger partial charge in [-0.05, 0) is 43.2 Å². The first kappa shape index (κ1) is 19.6. The highest BCUT2D eigenvalue weighted by molar-refractivity contribution is 5.94. The van der Waals surface area contributed by atoms with Gasteiger partial charge in [-0.25, -0.2) is 9.97 Å². The summed E-state index contributed by atoms with van der Waals surface area (Å²) >= 11 is 0. The molecule has 0 atom stereocenters. The van der Waals surface area contributed by atoms with Crippen molar-refractivity contribution in [3.63, 3.8) is 0 Å². The number of rotatable bonds is 4. The van der Waals surface area contributed by atoms with E-state index in [-0.39, 0.29) is 6.61 Å². The number of aliphatic hydroxyl groups is 1. The lowest BCUT2D eigenvalue weighted by atomic mass is 9.89. The van der Waals surface area contributed by atoms with E-state index in [2.05, 4.69) is 21.0 Å². The van der Waals surface area contributed by atoms with Gasteiger partial charge in [0.2, 0.25) is 0 Å². The summed E-state index contributed by atoms with van der Waals surface area (Å²) in [5.74, 6) is 0.912. The lowest BCUT2D eigenvalue weighted by Crippen LogP contribution is -2.53. The first-order valence-corrected chi connectivity index (χ1v) is 10.4. The first-order chi connectivity index (χ1) is 15.0. The standard InChI is InChI=1S/C23H25N7O/c1-29-14-17(13-27-29)19-11-20-18(3-2-8-25-20)22(28-19)16-4-5-21(26-12-16)30-9-6-23(24,15-31)7-10-30/h2-5,8,11-14,31H,6-7,9-10,15,24H2,1H3.